The molecule has 4 aromatic rings. The maximum Gasteiger partial charge on any atom is 0.262 e. The average Bonchev–Trinajstić information content (AvgIpc) is 3.53. The van der Waals surface area contributed by atoms with E-state index in [4.69, 9.17) is 49.3 Å². The number of piperazine rings is 1. The van der Waals surface area contributed by atoms with E-state index in [0.717, 1.165) is 104 Å². The largest absolute Gasteiger partial charge is 0.489 e. The predicted octanol–water partition coefficient (Wildman–Crippen LogP) is 6.18. The number of nitrogens with one attached hydrogen (secondary N) is 1. The first-order chi connectivity index (χ1) is 30.9. The predicted molar refractivity (Wildman–Crippen MR) is 245 cm³/mol. The number of rotatable bonds is 13. The molecule has 1 atom stereocenters. The van der Waals surface area contributed by atoms with Gasteiger partial charge in [0, 0.05) is 88.2 Å². The van der Waals surface area contributed by atoms with Crippen LogP contribution < -0.4 is 24.6 Å². The van der Waals surface area contributed by atoms with Gasteiger partial charge in [-0.05, 0) is 78.9 Å². The van der Waals surface area contributed by atoms with Crippen molar-refractivity contribution in [1.82, 2.24) is 30.0 Å². The highest BCUT2D eigenvalue weighted by atomic mass is 35.5. The molecule has 17 heteroatoms. The Morgan fingerprint density at radius 3 is 2.12 bits per heavy atom. The summed E-state index contributed by atoms with van der Waals surface area (Å²) in [5.41, 5.74) is 4.00. The molecule has 0 bridgehead atoms. The van der Waals surface area contributed by atoms with Crippen molar-refractivity contribution in [3.63, 3.8) is 0 Å². The Kier molecular flexibility index (Phi) is 12.8. The van der Waals surface area contributed by atoms with Crippen LogP contribution in [0.1, 0.15) is 77.1 Å². The Hall–Kier alpha value is -4.99. The Labute approximate surface area is 387 Å². The molecule has 0 aliphatic carbocycles. The summed E-state index contributed by atoms with van der Waals surface area (Å²) in [6.45, 7) is 12.3. The third-order valence-electron chi connectivity index (χ3n) is 13.5. The van der Waals surface area contributed by atoms with Crippen LogP contribution in [0.4, 0.5) is 11.6 Å². The number of anilines is 2. The molecule has 5 aliphatic rings. The number of carbonyl (C=O) groups excluding carboxylic acids is 4. The first-order valence-corrected chi connectivity index (χ1v) is 23.2. The van der Waals surface area contributed by atoms with E-state index in [0.29, 0.717) is 58.1 Å². The molecule has 336 valence electrons. The van der Waals surface area contributed by atoms with Gasteiger partial charge in [-0.2, -0.15) is 0 Å². The van der Waals surface area contributed by atoms with Crippen molar-refractivity contribution >= 4 is 70.1 Å². The first kappa shape index (κ1) is 44.2. The summed E-state index contributed by atoms with van der Waals surface area (Å²) in [6.07, 6.45) is 4.27. The summed E-state index contributed by atoms with van der Waals surface area (Å²) in [6, 6.07) is 19.1. The van der Waals surface area contributed by atoms with Crippen LogP contribution in [-0.2, 0) is 21.6 Å². The summed E-state index contributed by atoms with van der Waals surface area (Å²) < 4.78 is 11.8. The summed E-state index contributed by atoms with van der Waals surface area (Å²) in [7, 11) is 0. The van der Waals surface area contributed by atoms with E-state index in [2.05, 4.69) is 55.9 Å². The number of amides is 4. The lowest BCUT2D eigenvalue weighted by atomic mass is 9.78. The van der Waals surface area contributed by atoms with Gasteiger partial charge >= 0.3 is 0 Å². The van der Waals surface area contributed by atoms with Gasteiger partial charge in [0.1, 0.15) is 25.0 Å². The van der Waals surface area contributed by atoms with Gasteiger partial charge in [-0.15, -0.1) is 11.6 Å². The molecule has 1 aromatic heterocycles. The van der Waals surface area contributed by atoms with E-state index in [1.807, 2.05) is 36.4 Å². The molecule has 6 heterocycles. The first-order valence-electron chi connectivity index (χ1n) is 21.9. The standard InChI is InChI=1S/C47H51Cl3N8O6/c1-47(2,30-23-38(49)42(39(50)24-30)63-22-14-48)29-3-6-35(7-4-29)64-28-31-11-15-51-46(52-31)56-20-18-55(19-21-56)32-12-16-54(17-13-32)34-26-57(27-34)33-5-8-36-37(25-33)45(62)58(44(36)61)40-9-10-41(59)53-43(40)60/h3-8,11,15,23-25,32,34,40H,9-10,12-14,16-22,26-28H2,1-2H3,(H,53,59,60). The maximum absolute atomic E-state index is 13.3. The molecule has 5 aliphatic heterocycles. The second-order valence-corrected chi connectivity index (χ2v) is 18.8. The SMILES string of the molecule is CC(C)(c1ccc(OCc2ccnc(N3CCN(C4CCN(C5CN(c6ccc7c(c6)C(=O)N(C6CCC(=O)NC6=O)C7=O)C5)CC4)CC3)n2)cc1)c1cc(Cl)c(OCCCl)c(Cl)c1. The molecule has 1 unspecified atom stereocenters. The molecular formula is C47H51Cl3N8O6. The lowest BCUT2D eigenvalue weighted by Gasteiger charge is -2.50. The number of halogens is 3. The maximum atomic E-state index is 13.3. The van der Waals surface area contributed by atoms with Gasteiger partial charge in [0.25, 0.3) is 11.8 Å². The fourth-order valence-electron chi connectivity index (χ4n) is 9.56. The minimum Gasteiger partial charge on any atom is -0.489 e. The zero-order chi connectivity index (χ0) is 44.7. The molecule has 1 N–H and O–H groups in total. The number of likely N-dealkylation sites (tertiary alicyclic amines) is 1. The number of nitrogens with zero attached hydrogens (tertiary/aromatic N) is 7. The summed E-state index contributed by atoms with van der Waals surface area (Å²) >= 11 is 18.9. The second kappa shape index (κ2) is 18.5. The number of hydrogen-bond donors (Lipinski definition) is 1. The highest BCUT2D eigenvalue weighted by Gasteiger charge is 2.45. The number of benzene rings is 3. The average molecular weight is 930 g/mol. The number of aromatic nitrogens is 2. The van der Waals surface area contributed by atoms with E-state index in [1.165, 1.54) is 0 Å². The fraction of sp³-hybridized carbons (Fsp3) is 0.447. The van der Waals surface area contributed by atoms with Gasteiger partial charge in [-0.1, -0.05) is 49.2 Å². The number of piperidine rings is 2. The van der Waals surface area contributed by atoms with Crippen LogP contribution in [0.3, 0.4) is 0 Å². The molecular weight excluding hydrogens is 879 g/mol. The van der Waals surface area contributed by atoms with Crippen LogP contribution in [-0.4, -0.2) is 131 Å². The Bertz CT molecular complexity index is 2410. The third-order valence-corrected chi connectivity index (χ3v) is 14.2. The lowest BCUT2D eigenvalue weighted by Crippen LogP contribution is -2.62. The van der Waals surface area contributed by atoms with Crippen molar-refractivity contribution in [2.75, 3.05) is 74.6 Å². The van der Waals surface area contributed by atoms with Gasteiger partial charge < -0.3 is 19.3 Å². The summed E-state index contributed by atoms with van der Waals surface area (Å²) in [5, 5.41) is 3.15. The number of hydrogen-bond acceptors (Lipinski definition) is 12. The van der Waals surface area contributed by atoms with Crippen molar-refractivity contribution in [1.29, 1.82) is 0 Å². The highest BCUT2D eigenvalue weighted by Crippen LogP contribution is 2.41. The molecule has 4 fully saturated rings. The van der Waals surface area contributed by atoms with Crippen molar-refractivity contribution < 1.29 is 28.7 Å². The van der Waals surface area contributed by atoms with Crippen molar-refractivity contribution in [2.45, 2.75) is 69.7 Å². The Morgan fingerprint density at radius 2 is 1.44 bits per heavy atom. The molecule has 4 saturated heterocycles. The summed E-state index contributed by atoms with van der Waals surface area (Å²) in [5.74, 6) is 0.303. The Morgan fingerprint density at radius 1 is 0.750 bits per heavy atom. The van der Waals surface area contributed by atoms with Gasteiger partial charge in [0.2, 0.25) is 17.8 Å². The van der Waals surface area contributed by atoms with Crippen LogP contribution in [0.15, 0.2) is 66.9 Å². The monoisotopic (exact) mass is 928 g/mol. The van der Waals surface area contributed by atoms with Crippen LogP contribution in [0, 0.1) is 0 Å². The third kappa shape index (κ3) is 8.87. The van der Waals surface area contributed by atoms with Crippen LogP contribution in [0.25, 0.3) is 0 Å². The van der Waals surface area contributed by atoms with Gasteiger partial charge in [0.15, 0.2) is 5.75 Å². The molecule has 0 saturated carbocycles. The van der Waals surface area contributed by atoms with Crippen LogP contribution >= 0.6 is 34.8 Å². The fourth-order valence-corrected chi connectivity index (χ4v) is 10.2. The Balaban J connectivity index is 0.715. The number of fused-ring (bicyclic) bond motifs is 1. The number of ether oxygens (including phenoxy) is 2. The van der Waals surface area contributed by atoms with Crippen LogP contribution in [0.2, 0.25) is 10.0 Å². The zero-order valence-electron chi connectivity index (χ0n) is 35.9. The van der Waals surface area contributed by atoms with E-state index >= 15 is 0 Å². The lowest BCUT2D eigenvalue weighted by molar-refractivity contribution is -0.136. The van der Waals surface area contributed by atoms with E-state index in [-0.39, 0.29) is 24.2 Å². The van der Waals surface area contributed by atoms with Crippen LogP contribution in [0.5, 0.6) is 11.5 Å². The molecule has 0 radical (unpaired) electrons. The smallest absolute Gasteiger partial charge is 0.262 e. The van der Waals surface area contributed by atoms with Crippen molar-refractivity contribution in [2.24, 2.45) is 0 Å². The summed E-state index contributed by atoms with van der Waals surface area (Å²) in [4.78, 5) is 70.8. The van der Waals surface area contributed by atoms with Gasteiger partial charge in [-0.25, -0.2) is 9.97 Å². The van der Waals surface area contributed by atoms with Gasteiger partial charge in [-0.3, -0.25) is 39.2 Å². The molecule has 14 nitrogen and oxygen atoms in total. The normalized spacial score (nSPS) is 20.4. The number of carbonyl (C=O) groups is 4. The van der Waals surface area contributed by atoms with E-state index < -0.39 is 23.8 Å². The topological polar surface area (TPSA) is 141 Å². The van der Waals surface area contributed by atoms with Crippen molar-refractivity contribution in [3.05, 3.63) is 105 Å². The molecule has 4 amide bonds. The quantitative estimate of drug-likeness (QED) is 0.121. The van der Waals surface area contributed by atoms with E-state index in [1.54, 1.807) is 18.3 Å². The number of alkyl halides is 1. The second-order valence-electron chi connectivity index (χ2n) is 17.6. The molecule has 64 heavy (non-hydrogen) atoms. The van der Waals surface area contributed by atoms with Crippen molar-refractivity contribution in [3.8, 4) is 11.5 Å². The molecule has 9 rings (SSSR count). The van der Waals surface area contributed by atoms with E-state index in [9.17, 15) is 19.2 Å². The minimum absolute atomic E-state index is 0.0958. The van der Waals surface area contributed by atoms with Gasteiger partial charge in [0.05, 0.1) is 32.7 Å². The highest BCUT2D eigenvalue weighted by molar-refractivity contribution is 6.37. The minimum atomic E-state index is -0.968. The number of imide groups is 2. The molecule has 3 aromatic carbocycles. The zero-order valence-corrected chi connectivity index (χ0v) is 38.2. The molecule has 0 spiro atoms.